The number of esters is 1. The molecule has 4 atom stereocenters. The van der Waals surface area contributed by atoms with Crippen molar-refractivity contribution in [2.45, 2.75) is 79.4 Å². The van der Waals surface area contributed by atoms with E-state index in [0.717, 1.165) is 30.3 Å². The molecule has 1 aliphatic rings. The minimum atomic E-state index is -0.305. The van der Waals surface area contributed by atoms with Crippen molar-refractivity contribution in [1.82, 2.24) is 4.57 Å². The van der Waals surface area contributed by atoms with Gasteiger partial charge in [0, 0.05) is 12.3 Å². The summed E-state index contributed by atoms with van der Waals surface area (Å²) in [4.78, 5) is 13.6. The van der Waals surface area contributed by atoms with Crippen molar-refractivity contribution < 1.29 is 14.1 Å². The number of carbonyl (C=O) groups excluding carboxylic acids is 1. The summed E-state index contributed by atoms with van der Waals surface area (Å²) >= 11 is 0. The van der Waals surface area contributed by atoms with Crippen LogP contribution in [0.25, 0.3) is 11.0 Å². The first-order valence-electron chi connectivity index (χ1n) is 11.4. The van der Waals surface area contributed by atoms with Crippen molar-refractivity contribution in [1.29, 1.82) is 0 Å². The number of aromatic nitrogens is 2. The fourth-order valence-corrected chi connectivity index (χ4v) is 5.25. The van der Waals surface area contributed by atoms with Crippen molar-refractivity contribution in [3.8, 4) is 0 Å². The third-order valence-corrected chi connectivity index (χ3v) is 6.86. The van der Waals surface area contributed by atoms with E-state index in [1.807, 2.05) is 0 Å². The molecule has 0 N–H and O–H groups in total. The summed E-state index contributed by atoms with van der Waals surface area (Å²) in [5.41, 5.74) is 2.27. The molecule has 0 amide bonds. The van der Waals surface area contributed by atoms with E-state index in [1.165, 1.54) is 12.2 Å². The second-order valence-corrected chi connectivity index (χ2v) is 9.68. The van der Waals surface area contributed by atoms with Crippen molar-refractivity contribution in [3.05, 3.63) is 30.1 Å². The lowest BCUT2D eigenvalue weighted by atomic mass is 9.75. The number of carbonyl (C=O) groups is 1. The predicted octanol–water partition coefficient (Wildman–Crippen LogP) is 5.23. The summed E-state index contributed by atoms with van der Waals surface area (Å²) in [6, 6.07) is 8.06. The molecule has 4 heteroatoms. The van der Waals surface area contributed by atoms with Crippen molar-refractivity contribution >= 4 is 17.0 Å². The molecule has 1 aliphatic carbocycles. The molecule has 0 spiro atoms. The van der Waals surface area contributed by atoms with E-state index in [0.29, 0.717) is 17.8 Å². The number of benzene rings is 1. The zero-order valence-corrected chi connectivity index (χ0v) is 19.3. The highest BCUT2D eigenvalue weighted by atomic mass is 16.5. The van der Waals surface area contributed by atoms with Gasteiger partial charge in [-0.2, -0.15) is 0 Å². The Bertz CT molecular complexity index is 852. The Morgan fingerprint density at radius 1 is 1.21 bits per heavy atom. The minimum Gasteiger partial charge on any atom is -0.459 e. The van der Waals surface area contributed by atoms with Crippen LogP contribution in [-0.4, -0.2) is 16.6 Å². The number of aryl methyl sites for hydroxylation is 1. The maximum absolute atomic E-state index is 13.6. The summed E-state index contributed by atoms with van der Waals surface area (Å²) in [6.07, 6.45) is 4.29. The monoisotopic (exact) mass is 399 g/mol. The van der Waals surface area contributed by atoms with E-state index in [1.54, 1.807) is 0 Å². The molecule has 1 aromatic heterocycles. The number of para-hydroxylation sites is 2. The topological polar surface area (TPSA) is 35.1 Å². The Morgan fingerprint density at radius 3 is 2.52 bits per heavy atom. The van der Waals surface area contributed by atoms with Crippen LogP contribution in [0.5, 0.6) is 0 Å². The number of hydrogen-bond acceptors (Lipinski definition) is 2. The molecule has 0 radical (unpaired) electrons. The molecule has 1 unspecified atom stereocenters. The molecule has 4 nitrogen and oxygen atoms in total. The van der Waals surface area contributed by atoms with Gasteiger partial charge in [-0.1, -0.05) is 60.1 Å². The summed E-state index contributed by atoms with van der Waals surface area (Å²) in [6.45, 7) is 13.2. The van der Waals surface area contributed by atoms with Gasteiger partial charge >= 0.3 is 5.97 Å². The molecule has 0 saturated heterocycles. The lowest BCUT2D eigenvalue weighted by Crippen LogP contribution is -2.40. The first-order chi connectivity index (χ1) is 13.8. The van der Waals surface area contributed by atoms with Gasteiger partial charge in [0.1, 0.15) is 6.10 Å². The molecule has 1 aromatic carbocycles. The maximum Gasteiger partial charge on any atom is 0.352 e. The third kappa shape index (κ3) is 4.22. The van der Waals surface area contributed by atoms with Gasteiger partial charge in [-0.25, -0.2) is 13.9 Å². The first kappa shape index (κ1) is 21.9. The Labute approximate surface area is 176 Å². The van der Waals surface area contributed by atoms with Gasteiger partial charge in [0.2, 0.25) is 6.04 Å². The van der Waals surface area contributed by atoms with Gasteiger partial charge in [0.25, 0.3) is 5.82 Å². The fraction of sp³-hybridized carbons (Fsp3) is 0.680. The normalized spacial score (nSPS) is 23.7. The molecular formula is C25H39N2O2+. The van der Waals surface area contributed by atoms with E-state index in [2.05, 4.69) is 82.0 Å². The highest BCUT2D eigenvalue weighted by Gasteiger charge is 2.40. The number of fused-ring (bicyclic) bond motifs is 1. The minimum absolute atomic E-state index is 0.0353. The van der Waals surface area contributed by atoms with Gasteiger partial charge in [-0.3, -0.25) is 0 Å². The quantitative estimate of drug-likeness (QED) is 0.492. The largest absolute Gasteiger partial charge is 0.459 e. The lowest BCUT2D eigenvalue weighted by molar-refractivity contribution is -0.654. The summed E-state index contributed by atoms with van der Waals surface area (Å²) in [5, 5.41) is 0. The Balaban J connectivity index is 1.98. The van der Waals surface area contributed by atoms with Crippen LogP contribution >= 0.6 is 0 Å². The van der Waals surface area contributed by atoms with E-state index in [-0.39, 0.29) is 24.0 Å². The fourth-order valence-electron chi connectivity index (χ4n) is 5.25. The van der Waals surface area contributed by atoms with Crippen LogP contribution in [0.4, 0.5) is 0 Å². The molecule has 0 bridgehead atoms. The molecule has 0 aliphatic heterocycles. The van der Waals surface area contributed by atoms with Crippen LogP contribution in [0.1, 0.15) is 72.7 Å². The maximum atomic E-state index is 13.6. The smallest absolute Gasteiger partial charge is 0.352 e. The van der Waals surface area contributed by atoms with Gasteiger partial charge in [0.05, 0.1) is 7.05 Å². The van der Waals surface area contributed by atoms with Crippen LogP contribution in [0, 0.1) is 23.7 Å². The van der Waals surface area contributed by atoms with E-state index in [9.17, 15) is 4.79 Å². The second kappa shape index (κ2) is 8.89. The Morgan fingerprint density at radius 2 is 1.90 bits per heavy atom. The van der Waals surface area contributed by atoms with Crippen LogP contribution in [0.3, 0.4) is 0 Å². The van der Waals surface area contributed by atoms with E-state index in [4.69, 9.17) is 4.74 Å². The third-order valence-electron chi connectivity index (χ3n) is 6.86. The van der Waals surface area contributed by atoms with Crippen LogP contribution in [-0.2, 0) is 23.0 Å². The first-order valence-corrected chi connectivity index (χ1v) is 11.4. The highest BCUT2D eigenvalue weighted by molar-refractivity contribution is 5.79. The molecule has 1 saturated carbocycles. The van der Waals surface area contributed by atoms with Crippen LogP contribution < -0.4 is 4.57 Å². The van der Waals surface area contributed by atoms with E-state index >= 15 is 0 Å². The summed E-state index contributed by atoms with van der Waals surface area (Å²) in [5.74, 6) is 2.87. The van der Waals surface area contributed by atoms with Crippen LogP contribution in [0.2, 0.25) is 0 Å². The van der Waals surface area contributed by atoms with Crippen molar-refractivity contribution in [3.63, 3.8) is 0 Å². The zero-order valence-electron chi connectivity index (χ0n) is 19.3. The molecule has 1 heterocycles. The molecule has 3 rings (SSSR count). The number of nitrogens with zero attached hydrogens (tertiary/aromatic N) is 2. The van der Waals surface area contributed by atoms with Gasteiger partial charge < -0.3 is 4.74 Å². The Kier molecular flexibility index (Phi) is 6.70. The lowest BCUT2D eigenvalue weighted by Gasteiger charge is -2.37. The van der Waals surface area contributed by atoms with Crippen molar-refractivity contribution in [2.24, 2.45) is 30.7 Å². The molecular weight excluding hydrogens is 360 g/mol. The van der Waals surface area contributed by atoms with Gasteiger partial charge in [-0.15, -0.1) is 0 Å². The average molecular weight is 400 g/mol. The number of rotatable bonds is 6. The van der Waals surface area contributed by atoms with Gasteiger partial charge in [-0.05, 0) is 42.7 Å². The standard InChI is InChI=1S/C25H39N2O2/c1-8-23-26(7)20-11-9-10-12-21(20)27(23)24(17(4)5)25(28)29-22-15-18(6)13-14-19(22)16(2)3/h9-12,16-19,22,24H,8,13-15H2,1-7H3/q+1/t18-,19+,22?,24-/m1/s1. The predicted molar refractivity (Wildman–Crippen MR) is 118 cm³/mol. The Hall–Kier alpha value is -1.84. The summed E-state index contributed by atoms with van der Waals surface area (Å²) < 4.78 is 10.8. The number of imidazole rings is 1. The zero-order chi connectivity index (χ0) is 21.3. The molecule has 29 heavy (non-hydrogen) atoms. The van der Waals surface area contributed by atoms with Gasteiger partial charge in [0.15, 0.2) is 11.0 Å². The van der Waals surface area contributed by atoms with Crippen LogP contribution in [0.15, 0.2) is 24.3 Å². The highest BCUT2D eigenvalue weighted by Crippen LogP contribution is 2.37. The summed E-state index contributed by atoms with van der Waals surface area (Å²) in [7, 11) is 2.10. The second-order valence-electron chi connectivity index (χ2n) is 9.68. The number of ether oxygens (including phenoxy) is 1. The number of hydrogen-bond donors (Lipinski definition) is 0. The van der Waals surface area contributed by atoms with E-state index < -0.39 is 0 Å². The molecule has 1 fully saturated rings. The molecule has 2 aromatic rings. The average Bonchev–Trinajstić information content (AvgIpc) is 2.93. The molecule has 160 valence electrons. The van der Waals surface area contributed by atoms with Crippen molar-refractivity contribution in [2.75, 3.05) is 0 Å². The SMILES string of the molecule is CCc1n([C@@H](C(=O)OC2C[C@H](C)CC[C@H]2C(C)C)C(C)C)c2ccccc2[n+]1C.